The molecule has 1 aliphatic carbocycles. The number of hydrogen-bond donors (Lipinski definition) is 1. The maximum atomic E-state index is 6.32. The number of hydrogen-bond acceptors (Lipinski definition) is 4. The van der Waals surface area contributed by atoms with Gasteiger partial charge in [-0.15, -0.1) is 0 Å². The van der Waals surface area contributed by atoms with Crippen molar-refractivity contribution in [1.82, 2.24) is 20.1 Å². The van der Waals surface area contributed by atoms with Crippen molar-refractivity contribution >= 4 is 0 Å². The summed E-state index contributed by atoms with van der Waals surface area (Å²) in [4.78, 5) is 4.00. The largest absolute Gasteiger partial charge is 0.487 e. The molecular formula is C18H24N4O. The standard InChI is InChI=1S/C18H24N4O/c1-14(7-10-22-13-19-12-20-22)21-16-11-18(8-4-9-18)23-17-6-3-2-5-15(16)17/h2-3,5-6,12-14,16,21H,4,7-11H2,1H3/t14-,16+/m0/s1. The fourth-order valence-electron chi connectivity index (χ4n) is 3.75. The van der Waals surface area contributed by atoms with Gasteiger partial charge in [-0.2, -0.15) is 5.10 Å². The highest BCUT2D eigenvalue weighted by molar-refractivity contribution is 5.39. The topological polar surface area (TPSA) is 52.0 Å². The van der Waals surface area contributed by atoms with Gasteiger partial charge in [0, 0.05) is 30.6 Å². The van der Waals surface area contributed by atoms with Crippen LogP contribution in [0.4, 0.5) is 0 Å². The number of aryl methyl sites for hydroxylation is 1. The molecule has 2 heterocycles. The molecule has 2 aliphatic rings. The molecule has 4 rings (SSSR count). The summed E-state index contributed by atoms with van der Waals surface area (Å²) in [7, 11) is 0. The van der Waals surface area contributed by atoms with Gasteiger partial charge >= 0.3 is 0 Å². The number of rotatable bonds is 5. The van der Waals surface area contributed by atoms with Gasteiger partial charge < -0.3 is 10.1 Å². The monoisotopic (exact) mass is 312 g/mol. The molecule has 1 aromatic heterocycles. The molecule has 0 saturated heterocycles. The lowest BCUT2D eigenvalue weighted by Crippen LogP contribution is -2.50. The molecule has 1 aromatic carbocycles. The quantitative estimate of drug-likeness (QED) is 0.922. The fraction of sp³-hybridized carbons (Fsp3) is 0.556. The van der Waals surface area contributed by atoms with Crippen LogP contribution >= 0.6 is 0 Å². The van der Waals surface area contributed by atoms with E-state index in [4.69, 9.17) is 4.74 Å². The van der Waals surface area contributed by atoms with E-state index in [9.17, 15) is 0 Å². The normalized spacial score (nSPS) is 22.9. The minimum atomic E-state index is 0.0810. The highest BCUT2D eigenvalue weighted by atomic mass is 16.5. The van der Waals surface area contributed by atoms with Crippen molar-refractivity contribution in [3.8, 4) is 5.75 Å². The van der Waals surface area contributed by atoms with Crippen molar-refractivity contribution < 1.29 is 4.74 Å². The molecule has 5 nitrogen and oxygen atoms in total. The Morgan fingerprint density at radius 3 is 3.00 bits per heavy atom. The maximum absolute atomic E-state index is 6.32. The van der Waals surface area contributed by atoms with Crippen LogP contribution in [0, 0.1) is 0 Å². The fourth-order valence-corrected chi connectivity index (χ4v) is 3.75. The van der Waals surface area contributed by atoms with Crippen LogP contribution in [0.25, 0.3) is 0 Å². The van der Waals surface area contributed by atoms with E-state index < -0.39 is 0 Å². The first-order valence-corrected chi connectivity index (χ1v) is 8.61. The van der Waals surface area contributed by atoms with Gasteiger partial charge in [0.15, 0.2) is 0 Å². The van der Waals surface area contributed by atoms with Crippen molar-refractivity contribution in [1.29, 1.82) is 0 Å². The molecule has 1 fully saturated rings. The van der Waals surface area contributed by atoms with Crippen molar-refractivity contribution in [2.24, 2.45) is 0 Å². The number of fused-ring (bicyclic) bond motifs is 1. The Bertz CT molecular complexity index is 651. The smallest absolute Gasteiger partial charge is 0.137 e. The molecule has 2 aromatic rings. The van der Waals surface area contributed by atoms with E-state index in [1.807, 2.05) is 4.68 Å². The molecule has 122 valence electrons. The summed E-state index contributed by atoms with van der Waals surface area (Å²) in [6.07, 6.45) is 9.15. The van der Waals surface area contributed by atoms with Crippen molar-refractivity contribution in [2.45, 2.75) is 63.3 Å². The molecular weight excluding hydrogens is 288 g/mol. The number of ether oxygens (including phenoxy) is 1. The average Bonchev–Trinajstić information content (AvgIpc) is 3.05. The highest BCUT2D eigenvalue weighted by Crippen LogP contribution is 2.48. The number of aromatic nitrogens is 3. The second-order valence-electron chi connectivity index (χ2n) is 6.95. The number of nitrogens with zero attached hydrogens (tertiary/aromatic N) is 3. The predicted molar refractivity (Wildman–Crippen MR) is 88.2 cm³/mol. The Labute approximate surface area is 137 Å². The lowest BCUT2D eigenvalue weighted by molar-refractivity contribution is -0.0379. The van der Waals surface area contributed by atoms with E-state index >= 15 is 0 Å². The van der Waals surface area contributed by atoms with E-state index in [0.717, 1.165) is 25.1 Å². The Kier molecular flexibility index (Phi) is 3.81. The number of benzene rings is 1. The minimum Gasteiger partial charge on any atom is -0.487 e. The van der Waals surface area contributed by atoms with Gasteiger partial charge in [-0.05, 0) is 38.7 Å². The van der Waals surface area contributed by atoms with E-state index in [2.05, 4.69) is 46.6 Å². The van der Waals surface area contributed by atoms with Gasteiger partial charge in [0.1, 0.15) is 24.0 Å². The minimum absolute atomic E-state index is 0.0810. The van der Waals surface area contributed by atoms with Crippen molar-refractivity contribution in [2.75, 3.05) is 0 Å². The molecule has 2 atom stereocenters. The summed E-state index contributed by atoms with van der Waals surface area (Å²) < 4.78 is 8.22. The van der Waals surface area contributed by atoms with Gasteiger partial charge in [-0.1, -0.05) is 18.2 Å². The summed E-state index contributed by atoms with van der Waals surface area (Å²) in [5.74, 6) is 1.07. The van der Waals surface area contributed by atoms with Crippen LogP contribution < -0.4 is 10.1 Å². The molecule has 23 heavy (non-hydrogen) atoms. The third-order valence-corrected chi connectivity index (χ3v) is 5.21. The van der Waals surface area contributed by atoms with Crippen molar-refractivity contribution in [3.63, 3.8) is 0 Å². The van der Waals surface area contributed by atoms with E-state index in [-0.39, 0.29) is 5.60 Å². The number of nitrogens with one attached hydrogen (secondary N) is 1. The first kappa shape index (κ1) is 14.7. The second-order valence-corrected chi connectivity index (χ2v) is 6.95. The lowest BCUT2D eigenvalue weighted by atomic mass is 9.73. The molecule has 0 radical (unpaired) electrons. The molecule has 1 spiro atoms. The number of para-hydroxylation sites is 1. The first-order chi connectivity index (χ1) is 11.2. The third-order valence-electron chi connectivity index (χ3n) is 5.21. The summed E-state index contributed by atoms with van der Waals surface area (Å²) in [6, 6.07) is 9.29. The molecule has 0 bridgehead atoms. The van der Waals surface area contributed by atoms with Gasteiger partial charge in [-0.25, -0.2) is 4.98 Å². The zero-order chi connectivity index (χ0) is 15.7. The van der Waals surface area contributed by atoms with Crippen molar-refractivity contribution in [3.05, 3.63) is 42.5 Å². The van der Waals surface area contributed by atoms with Crippen LogP contribution in [0.5, 0.6) is 5.75 Å². The lowest BCUT2D eigenvalue weighted by Gasteiger charge is -2.48. The second kappa shape index (κ2) is 5.96. The van der Waals surface area contributed by atoms with Crippen LogP contribution in [0.15, 0.2) is 36.9 Å². The molecule has 0 unspecified atom stereocenters. The zero-order valence-electron chi connectivity index (χ0n) is 13.6. The van der Waals surface area contributed by atoms with Gasteiger partial charge in [0.2, 0.25) is 0 Å². The Hall–Kier alpha value is -1.88. The molecule has 5 heteroatoms. The van der Waals surface area contributed by atoms with Crippen LogP contribution in [-0.4, -0.2) is 26.4 Å². The van der Waals surface area contributed by atoms with Gasteiger partial charge in [-0.3, -0.25) is 4.68 Å². The SMILES string of the molecule is C[C@@H](CCn1cncn1)N[C@@H]1CC2(CCC2)Oc2ccccc21. The zero-order valence-corrected chi connectivity index (χ0v) is 13.6. The summed E-state index contributed by atoms with van der Waals surface area (Å²) in [5, 5.41) is 7.99. The van der Waals surface area contributed by atoms with Crippen LogP contribution in [0.1, 0.15) is 50.6 Å². The van der Waals surface area contributed by atoms with Gasteiger partial charge in [0.25, 0.3) is 0 Å². The summed E-state index contributed by atoms with van der Waals surface area (Å²) in [6.45, 7) is 3.15. The maximum Gasteiger partial charge on any atom is 0.137 e. The average molecular weight is 312 g/mol. The highest BCUT2D eigenvalue weighted by Gasteiger charge is 2.45. The van der Waals surface area contributed by atoms with E-state index in [0.29, 0.717) is 12.1 Å². The first-order valence-electron chi connectivity index (χ1n) is 8.61. The predicted octanol–water partition coefficient (Wildman–Crippen LogP) is 3.09. The van der Waals surface area contributed by atoms with Gasteiger partial charge in [0.05, 0.1) is 0 Å². The van der Waals surface area contributed by atoms with Crippen LogP contribution in [-0.2, 0) is 6.54 Å². The van der Waals surface area contributed by atoms with Crippen LogP contribution in [0.2, 0.25) is 0 Å². The third kappa shape index (κ3) is 2.98. The van der Waals surface area contributed by atoms with E-state index in [1.54, 1.807) is 12.7 Å². The molecule has 1 N–H and O–H groups in total. The Morgan fingerprint density at radius 2 is 2.26 bits per heavy atom. The summed E-state index contributed by atoms with van der Waals surface area (Å²) >= 11 is 0. The molecule has 1 saturated carbocycles. The molecule has 0 amide bonds. The van der Waals surface area contributed by atoms with E-state index in [1.165, 1.54) is 24.8 Å². The molecule has 1 aliphatic heterocycles. The summed E-state index contributed by atoms with van der Waals surface area (Å²) in [5.41, 5.74) is 1.38. The van der Waals surface area contributed by atoms with Crippen LogP contribution in [0.3, 0.4) is 0 Å². The Morgan fingerprint density at radius 1 is 1.39 bits per heavy atom. The Balaban J connectivity index is 1.44.